The second-order valence-electron chi connectivity index (χ2n) is 5.02. The van der Waals surface area contributed by atoms with Gasteiger partial charge in [0.05, 0.1) is 10.7 Å². The van der Waals surface area contributed by atoms with Gasteiger partial charge in [-0.15, -0.1) is 0 Å². The van der Waals surface area contributed by atoms with Crippen molar-refractivity contribution in [3.63, 3.8) is 0 Å². The number of anilines is 1. The topological polar surface area (TPSA) is 84.5 Å². The number of halogens is 3. The van der Waals surface area contributed by atoms with Crippen LogP contribution in [0.5, 0.6) is 0 Å². The van der Waals surface area contributed by atoms with Gasteiger partial charge in [0.2, 0.25) is 0 Å². The Balaban J connectivity index is 1.75. The van der Waals surface area contributed by atoms with Gasteiger partial charge in [0.25, 0.3) is 11.8 Å². The van der Waals surface area contributed by atoms with Crippen molar-refractivity contribution >= 4 is 58.3 Å². The summed E-state index contributed by atoms with van der Waals surface area (Å²) in [7, 11) is 0. The molecule has 2 rings (SSSR count). The summed E-state index contributed by atoms with van der Waals surface area (Å²) in [5.41, 5.74) is 0.645. The molecule has 0 atom stereocenters. The first kappa shape index (κ1) is 20.0. The van der Waals surface area contributed by atoms with Gasteiger partial charge in [-0.3, -0.25) is 14.4 Å². The first-order valence-electron chi connectivity index (χ1n) is 7.29. The third kappa shape index (κ3) is 6.22. The largest absolute Gasteiger partial charge is 0.454 e. The standard InChI is InChI=1S/C17H13Cl3N2O4/c18-11-3-1-10(2-4-11)17(25)21-8-16(24)26-9-15(23)22-14-7-12(19)5-6-13(14)20/h1-7H,8-9H2,(H,21,25)(H,22,23). The van der Waals surface area contributed by atoms with E-state index in [1.54, 1.807) is 18.2 Å². The Morgan fingerprint density at radius 2 is 1.58 bits per heavy atom. The SMILES string of the molecule is O=C(COC(=O)CNC(=O)c1ccc(Cl)cc1)Nc1cc(Cl)ccc1Cl. The summed E-state index contributed by atoms with van der Waals surface area (Å²) in [5.74, 6) is -1.82. The van der Waals surface area contributed by atoms with Crippen LogP contribution in [-0.2, 0) is 14.3 Å². The highest BCUT2D eigenvalue weighted by molar-refractivity contribution is 6.35. The summed E-state index contributed by atoms with van der Waals surface area (Å²) in [6, 6.07) is 10.7. The molecule has 0 heterocycles. The van der Waals surface area contributed by atoms with E-state index >= 15 is 0 Å². The smallest absolute Gasteiger partial charge is 0.325 e. The van der Waals surface area contributed by atoms with Crippen LogP contribution in [0.3, 0.4) is 0 Å². The van der Waals surface area contributed by atoms with E-state index in [1.807, 2.05) is 0 Å². The van der Waals surface area contributed by atoms with Gasteiger partial charge in [0.15, 0.2) is 6.61 Å². The van der Waals surface area contributed by atoms with Crippen molar-refractivity contribution in [2.24, 2.45) is 0 Å². The molecule has 9 heteroatoms. The maximum Gasteiger partial charge on any atom is 0.325 e. The number of ether oxygens (including phenoxy) is 1. The molecule has 0 aliphatic carbocycles. The molecule has 2 N–H and O–H groups in total. The summed E-state index contributed by atoms with van der Waals surface area (Å²) in [6.07, 6.45) is 0. The molecule has 0 saturated carbocycles. The van der Waals surface area contributed by atoms with E-state index < -0.39 is 24.4 Å². The zero-order valence-corrected chi connectivity index (χ0v) is 15.5. The number of nitrogens with one attached hydrogen (secondary N) is 2. The predicted molar refractivity (Wildman–Crippen MR) is 99.8 cm³/mol. The Kier molecular flexibility index (Phi) is 7.26. The number of hydrogen-bond acceptors (Lipinski definition) is 4. The van der Waals surface area contributed by atoms with Crippen LogP contribution >= 0.6 is 34.8 Å². The number of benzene rings is 2. The Bertz CT molecular complexity index is 825. The molecule has 0 aliphatic rings. The van der Waals surface area contributed by atoms with Crippen LogP contribution in [0.2, 0.25) is 15.1 Å². The fraction of sp³-hybridized carbons (Fsp3) is 0.118. The Morgan fingerprint density at radius 1 is 0.923 bits per heavy atom. The normalized spacial score (nSPS) is 10.1. The molecule has 0 unspecified atom stereocenters. The zero-order valence-electron chi connectivity index (χ0n) is 13.2. The van der Waals surface area contributed by atoms with Crippen LogP contribution in [-0.4, -0.2) is 30.9 Å². The quantitative estimate of drug-likeness (QED) is 0.707. The molecule has 136 valence electrons. The lowest BCUT2D eigenvalue weighted by atomic mass is 10.2. The lowest BCUT2D eigenvalue weighted by molar-refractivity contribution is -0.146. The van der Waals surface area contributed by atoms with Crippen LogP contribution in [0.1, 0.15) is 10.4 Å². The monoisotopic (exact) mass is 414 g/mol. The average Bonchev–Trinajstić information content (AvgIpc) is 2.61. The third-order valence-electron chi connectivity index (χ3n) is 3.07. The zero-order chi connectivity index (χ0) is 19.1. The number of esters is 1. The second kappa shape index (κ2) is 9.43. The highest BCUT2D eigenvalue weighted by atomic mass is 35.5. The molecular formula is C17H13Cl3N2O4. The van der Waals surface area contributed by atoms with Crippen molar-refractivity contribution in [2.75, 3.05) is 18.5 Å². The maximum atomic E-state index is 11.8. The predicted octanol–water partition coefficient (Wildman–Crippen LogP) is 3.56. The van der Waals surface area contributed by atoms with E-state index in [2.05, 4.69) is 10.6 Å². The van der Waals surface area contributed by atoms with Gasteiger partial charge >= 0.3 is 5.97 Å². The van der Waals surface area contributed by atoms with Crippen molar-refractivity contribution in [1.29, 1.82) is 0 Å². The lowest BCUT2D eigenvalue weighted by Gasteiger charge is -2.09. The lowest BCUT2D eigenvalue weighted by Crippen LogP contribution is -2.32. The van der Waals surface area contributed by atoms with Gasteiger partial charge in [0.1, 0.15) is 6.54 Å². The molecule has 2 amide bonds. The molecule has 0 aliphatic heterocycles. The van der Waals surface area contributed by atoms with Crippen molar-refractivity contribution in [2.45, 2.75) is 0 Å². The number of amides is 2. The molecule has 0 fully saturated rings. The molecule has 0 radical (unpaired) electrons. The second-order valence-corrected chi connectivity index (χ2v) is 6.30. The highest BCUT2D eigenvalue weighted by Gasteiger charge is 2.12. The van der Waals surface area contributed by atoms with Crippen LogP contribution < -0.4 is 10.6 Å². The minimum absolute atomic E-state index is 0.296. The first-order valence-corrected chi connectivity index (χ1v) is 8.43. The minimum Gasteiger partial charge on any atom is -0.454 e. The average molecular weight is 416 g/mol. The number of carbonyl (C=O) groups excluding carboxylic acids is 3. The van der Waals surface area contributed by atoms with Crippen molar-refractivity contribution in [1.82, 2.24) is 5.32 Å². The van der Waals surface area contributed by atoms with Crippen molar-refractivity contribution in [3.8, 4) is 0 Å². The van der Waals surface area contributed by atoms with Gasteiger partial charge < -0.3 is 15.4 Å². The van der Waals surface area contributed by atoms with Gasteiger partial charge in [-0.2, -0.15) is 0 Å². The van der Waals surface area contributed by atoms with Crippen LogP contribution in [0.4, 0.5) is 5.69 Å². The van der Waals surface area contributed by atoms with Gasteiger partial charge in [-0.05, 0) is 42.5 Å². The van der Waals surface area contributed by atoms with Gasteiger partial charge in [0, 0.05) is 15.6 Å². The molecule has 2 aromatic carbocycles. The van der Waals surface area contributed by atoms with Gasteiger partial charge in [-0.1, -0.05) is 34.8 Å². The maximum absolute atomic E-state index is 11.8. The van der Waals surface area contributed by atoms with E-state index in [1.165, 1.54) is 24.3 Å². The molecule has 0 spiro atoms. The first-order chi connectivity index (χ1) is 12.3. The van der Waals surface area contributed by atoms with Crippen molar-refractivity contribution in [3.05, 3.63) is 63.1 Å². The summed E-state index contributed by atoms with van der Waals surface area (Å²) in [4.78, 5) is 35.2. The Labute approximate surface area is 164 Å². The molecule has 0 aromatic heterocycles. The van der Waals surface area contributed by atoms with Crippen LogP contribution in [0, 0.1) is 0 Å². The molecule has 26 heavy (non-hydrogen) atoms. The van der Waals surface area contributed by atoms with Crippen LogP contribution in [0.15, 0.2) is 42.5 Å². The third-order valence-corrected chi connectivity index (χ3v) is 3.88. The highest BCUT2D eigenvalue weighted by Crippen LogP contribution is 2.25. The molecule has 2 aromatic rings. The summed E-state index contributed by atoms with van der Waals surface area (Å²) < 4.78 is 4.79. The van der Waals surface area contributed by atoms with Crippen molar-refractivity contribution < 1.29 is 19.1 Å². The molecule has 6 nitrogen and oxygen atoms in total. The number of rotatable bonds is 6. The number of carbonyl (C=O) groups is 3. The summed E-state index contributed by atoms with van der Waals surface area (Å²) >= 11 is 17.5. The Morgan fingerprint density at radius 3 is 2.27 bits per heavy atom. The number of hydrogen-bond donors (Lipinski definition) is 2. The summed E-state index contributed by atoms with van der Waals surface area (Å²) in [6.45, 7) is -0.912. The van der Waals surface area contributed by atoms with E-state index in [9.17, 15) is 14.4 Å². The molecule has 0 bridgehead atoms. The van der Waals surface area contributed by atoms with Crippen LogP contribution in [0.25, 0.3) is 0 Å². The molecule has 0 saturated heterocycles. The van der Waals surface area contributed by atoms with E-state index in [0.717, 1.165) is 0 Å². The summed E-state index contributed by atoms with van der Waals surface area (Å²) in [5, 5.41) is 6.03. The van der Waals surface area contributed by atoms with Gasteiger partial charge in [-0.25, -0.2) is 0 Å². The molecular weight excluding hydrogens is 403 g/mol. The van der Waals surface area contributed by atoms with E-state index in [-0.39, 0.29) is 6.54 Å². The fourth-order valence-corrected chi connectivity index (χ4v) is 2.30. The Hall–Kier alpha value is -2.28. The minimum atomic E-state index is -0.764. The van der Waals surface area contributed by atoms with E-state index in [4.69, 9.17) is 39.5 Å². The fourth-order valence-electron chi connectivity index (χ4n) is 1.83. The van der Waals surface area contributed by atoms with E-state index in [0.29, 0.717) is 26.3 Å².